The Hall–Kier alpha value is -0.990. The maximum absolute atomic E-state index is 11.2. The zero-order valence-electron chi connectivity index (χ0n) is 7.30. The molecule has 0 aromatic carbocycles. The SMILES string of the molecule is C=C1OC(=O)N(C)C12CCCC2. The number of hydrogen-bond donors (Lipinski definition) is 0. The van der Waals surface area contributed by atoms with Gasteiger partial charge in [0.1, 0.15) is 11.3 Å². The normalized spacial score (nSPS) is 26.9. The van der Waals surface area contributed by atoms with E-state index >= 15 is 0 Å². The van der Waals surface area contributed by atoms with Crippen molar-refractivity contribution in [3.05, 3.63) is 12.3 Å². The Morgan fingerprint density at radius 1 is 1.50 bits per heavy atom. The molecule has 1 heterocycles. The van der Waals surface area contributed by atoms with Gasteiger partial charge in [-0.2, -0.15) is 0 Å². The molecule has 0 radical (unpaired) electrons. The first kappa shape index (κ1) is 7.65. The lowest BCUT2D eigenvalue weighted by Gasteiger charge is -2.28. The second kappa shape index (κ2) is 2.25. The first-order valence-electron chi connectivity index (χ1n) is 4.32. The van der Waals surface area contributed by atoms with Gasteiger partial charge in [0.15, 0.2) is 0 Å². The lowest BCUT2D eigenvalue weighted by Crippen LogP contribution is -2.40. The Bertz CT molecular complexity index is 241. The van der Waals surface area contributed by atoms with E-state index in [1.165, 1.54) is 12.8 Å². The third kappa shape index (κ3) is 0.737. The molecule has 3 nitrogen and oxygen atoms in total. The summed E-state index contributed by atoms with van der Waals surface area (Å²) in [5, 5.41) is 0. The molecule has 2 fully saturated rings. The molecule has 2 aliphatic rings. The predicted octanol–water partition coefficient (Wildman–Crippen LogP) is 1.89. The molecule has 1 amide bonds. The zero-order chi connectivity index (χ0) is 8.77. The first-order chi connectivity index (χ1) is 5.67. The predicted molar refractivity (Wildman–Crippen MR) is 44.6 cm³/mol. The Balaban J connectivity index is 2.34. The van der Waals surface area contributed by atoms with Crippen LogP contribution in [0.2, 0.25) is 0 Å². The molecule has 66 valence electrons. The van der Waals surface area contributed by atoms with Crippen LogP contribution in [0.5, 0.6) is 0 Å². The van der Waals surface area contributed by atoms with Gasteiger partial charge in [0.25, 0.3) is 0 Å². The summed E-state index contributed by atoms with van der Waals surface area (Å²) in [7, 11) is 1.80. The Kier molecular flexibility index (Phi) is 1.43. The van der Waals surface area contributed by atoms with Crippen molar-refractivity contribution in [1.29, 1.82) is 0 Å². The molecule has 0 aromatic heterocycles. The van der Waals surface area contributed by atoms with Crippen molar-refractivity contribution in [2.24, 2.45) is 0 Å². The van der Waals surface area contributed by atoms with E-state index in [-0.39, 0.29) is 11.6 Å². The molecular formula is C9H13NO2. The van der Waals surface area contributed by atoms with Gasteiger partial charge in [-0.05, 0) is 12.8 Å². The molecule has 0 unspecified atom stereocenters. The fraction of sp³-hybridized carbons (Fsp3) is 0.667. The highest BCUT2D eigenvalue weighted by molar-refractivity contribution is 5.74. The monoisotopic (exact) mass is 167 g/mol. The molecule has 0 N–H and O–H groups in total. The molecule has 2 rings (SSSR count). The Morgan fingerprint density at radius 2 is 2.08 bits per heavy atom. The van der Waals surface area contributed by atoms with E-state index in [4.69, 9.17) is 4.74 Å². The van der Waals surface area contributed by atoms with E-state index in [9.17, 15) is 4.79 Å². The van der Waals surface area contributed by atoms with Crippen LogP contribution in [-0.4, -0.2) is 23.6 Å². The number of ether oxygens (including phenoxy) is 1. The van der Waals surface area contributed by atoms with Crippen molar-refractivity contribution < 1.29 is 9.53 Å². The molecule has 0 aromatic rings. The van der Waals surface area contributed by atoms with Gasteiger partial charge in [-0.15, -0.1) is 0 Å². The van der Waals surface area contributed by atoms with Crippen LogP contribution in [0.15, 0.2) is 12.3 Å². The second-order valence-electron chi connectivity index (χ2n) is 3.59. The lowest BCUT2D eigenvalue weighted by molar-refractivity contribution is 0.165. The quantitative estimate of drug-likeness (QED) is 0.551. The summed E-state index contributed by atoms with van der Waals surface area (Å²) in [4.78, 5) is 12.9. The number of likely N-dealkylation sites (N-methyl/N-ethyl adjacent to an activating group) is 1. The van der Waals surface area contributed by atoms with Crippen molar-refractivity contribution in [2.75, 3.05) is 7.05 Å². The highest BCUT2D eigenvalue weighted by Gasteiger charge is 2.50. The van der Waals surface area contributed by atoms with E-state index in [1.54, 1.807) is 11.9 Å². The van der Waals surface area contributed by atoms with Gasteiger partial charge in [0.2, 0.25) is 0 Å². The van der Waals surface area contributed by atoms with Crippen LogP contribution >= 0.6 is 0 Å². The first-order valence-corrected chi connectivity index (χ1v) is 4.32. The number of carbonyl (C=O) groups is 1. The van der Waals surface area contributed by atoms with E-state index < -0.39 is 0 Å². The minimum Gasteiger partial charge on any atom is -0.413 e. The highest BCUT2D eigenvalue weighted by atomic mass is 16.6. The maximum atomic E-state index is 11.2. The number of rotatable bonds is 0. The largest absolute Gasteiger partial charge is 0.415 e. The standard InChI is InChI=1S/C9H13NO2/c1-7-9(5-3-4-6-9)10(2)8(11)12-7/h1,3-6H2,2H3. The van der Waals surface area contributed by atoms with Crippen molar-refractivity contribution in [3.8, 4) is 0 Å². The van der Waals surface area contributed by atoms with Gasteiger partial charge in [0, 0.05) is 7.05 Å². The maximum Gasteiger partial charge on any atom is 0.415 e. The number of hydrogen-bond acceptors (Lipinski definition) is 2. The Labute approximate surface area is 72.0 Å². The molecule has 1 aliphatic heterocycles. The minimum atomic E-state index is -0.248. The fourth-order valence-electron chi connectivity index (χ4n) is 2.20. The summed E-state index contributed by atoms with van der Waals surface area (Å²) in [6.07, 6.45) is 4.10. The molecule has 0 bridgehead atoms. The van der Waals surface area contributed by atoms with Crippen LogP contribution in [0.4, 0.5) is 4.79 Å². The number of nitrogens with zero attached hydrogens (tertiary/aromatic N) is 1. The third-order valence-electron chi connectivity index (χ3n) is 3.08. The summed E-state index contributed by atoms with van der Waals surface area (Å²) >= 11 is 0. The van der Waals surface area contributed by atoms with Crippen LogP contribution in [-0.2, 0) is 4.74 Å². The van der Waals surface area contributed by atoms with Crippen molar-refractivity contribution >= 4 is 6.09 Å². The van der Waals surface area contributed by atoms with E-state index in [1.807, 2.05) is 0 Å². The topological polar surface area (TPSA) is 29.5 Å². The summed E-state index contributed by atoms with van der Waals surface area (Å²) in [5.74, 6) is 0.646. The summed E-state index contributed by atoms with van der Waals surface area (Å²) in [6.45, 7) is 3.81. The van der Waals surface area contributed by atoms with Gasteiger partial charge < -0.3 is 4.74 Å². The minimum absolute atomic E-state index is 0.156. The van der Waals surface area contributed by atoms with Crippen molar-refractivity contribution in [2.45, 2.75) is 31.2 Å². The van der Waals surface area contributed by atoms with E-state index in [2.05, 4.69) is 6.58 Å². The van der Waals surface area contributed by atoms with Crippen molar-refractivity contribution in [3.63, 3.8) is 0 Å². The summed E-state index contributed by atoms with van der Waals surface area (Å²) < 4.78 is 5.00. The van der Waals surface area contributed by atoms with Gasteiger partial charge in [0.05, 0.1) is 0 Å². The average molecular weight is 167 g/mol. The van der Waals surface area contributed by atoms with E-state index in [0.29, 0.717) is 5.76 Å². The molecule has 12 heavy (non-hydrogen) atoms. The van der Waals surface area contributed by atoms with E-state index in [0.717, 1.165) is 12.8 Å². The van der Waals surface area contributed by atoms with Crippen LogP contribution in [0, 0.1) is 0 Å². The van der Waals surface area contributed by atoms with Gasteiger partial charge in [-0.25, -0.2) is 4.79 Å². The Morgan fingerprint density at radius 3 is 2.50 bits per heavy atom. The number of carbonyl (C=O) groups excluding carboxylic acids is 1. The van der Waals surface area contributed by atoms with Gasteiger partial charge >= 0.3 is 6.09 Å². The second-order valence-corrected chi connectivity index (χ2v) is 3.59. The number of amides is 1. The van der Waals surface area contributed by atoms with Gasteiger partial charge in [-0.1, -0.05) is 19.4 Å². The summed E-state index contributed by atoms with van der Waals surface area (Å²) in [5.41, 5.74) is -0.156. The van der Waals surface area contributed by atoms with Crippen LogP contribution < -0.4 is 0 Å². The number of cyclic esters (lactones) is 1. The van der Waals surface area contributed by atoms with Crippen LogP contribution in [0.1, 0.15) is 25.7 Å². The van der Waals surface area contributed by atoms with Crippen LogP contribution in [0.25, 0.3) is 0 Å². The van der Waals surface area contributed by atoms with Crippen LogP contribution in [0.3, 0.4) is 0 Å². The smallest absolute Gasteiger partial charge is 0.413 e. The molecule has 1 saturated carbocycles. The van der Waals surface area contributed by atoms with Gasteiger partial charge in [-0.3, -0.25) is 4.90 Å². The van der Waals surface area contributed by atoms with Crippen molar-refractivity contribution in [1.82, 2.24) is 4.90 Å². The molecule has 1 aliphatic carbocycles. The fourth-order valence-corrected chi connectivity index (χ4v) is 2.20. The molecule has 1 saturated heterocycles. The average Bonchev–Trinajstić information content (AvgIpc) is 2.57. The lowest BCUT2D eigenvalue weighted by atomic mass is 9.95. The summed E-state index contributed by atoms with van der Waals surface area (Å²) in [6, 6.07) is 0. The zero-order valence-corrected chi connectivity index (χ0v) is 7.30. The third-order valence-corrected chi connectivity index (χ3v) is 3.08. The molecule has 3 heteroatoms. The molecule has 1 spiro atoms. The molecule has 0 atom stereocenters. The highest BCUT2D eigenvalue weighted by Crippen LogP contribution is 2.44. The molecular weight excluding hydrogens is 154 g/mol.